The van der Waals surface area contributed by atoms with Crippen molar-refractivity contribution in [1.82, 2.24) is 39.7 Å². The van der Waals surface area contributed by atoms with E-state index < -0.39 is 6.09 Å². The maximum Gasteiger partial charge on any atom is 0.413 e. The van der Waals surface area contributed by atoms with Gasteiger partial charge in [-0.1, -0.05) is 11.6 Å². The number of amides is 1. The van der Waals surface area contributed by atoms with Crippen LogP contribution in [-0.2, 0) is 11.2 Å². The Kier molecular flexibility index (Phi) is 6.85. The van der Waals surface area contributed by atoms with Crippen LogP contribution in [0.15, 0.2) is 66.0 Å². The van der Waals surface area contributed by atoms with Crippen LogP contribution in [0.1, 0.15) is 29.5 Å². The van der Waals surface area contributed by atoms with Crippen molar-refractivity contribution >= 4 is 11.9 Å². The van der Waals surface area contributed by atoms with E-state index in [-0.39, 0.29) is 24.8 Å². The lowest BCUT2D eigenvalue weighted by Gasteiger charge is -2.17. The number of pyridine rings is 2. The molecule has 0 saturated carbocycles. The molecule has 2 N–H and O–H groups in total. The van der Waals surface area contributed by atoms with Crippen molar-refractivity contribution in [3.63, 3.8) is 0 Å². The number of aromatic nitrogens is 8. The summed E-state index contributed by atoms with van der Waals surface area (Å²) < 4.78 is 8.38. The third-order valence-corrected chi connectivity index (χ3v) is 7.19. The van der Waals surface area contributed by atoms with E-state index in [0.717, 1.165) is 57.1 Å². The molecule has 13 nitrogen and oxygen atoms in total. The van der Waals surface area contributed by atoms with E-state index in [2.05, 4.69) is 30.5 Å². The summed E-state index contributed by atoms with van der Waals surface area (Å²) in [5.41, 5.74) is 5.83. The first-order valence-electron chi connectivity index (χ1n) is 13.0. The number of benzene rings is 1. The molecule has 13 heteroatoms. The number of carbonyl (C=O) groups is 1. The molecule has 5 aromatic rings. The number of fused-ring (bicyclic) bond motifs is 1. The summed E-state index contributed by atoms with van der Waals surface area (Å²) in [6.45, 7) is 2.44. The van der Waals surface area contributed by atoms with E-state index >= 15 is 0 Å². The Morgan fingerprint density at radius 2 is 2.02 bits per heavy atom. The number of hydrogen-bond donors (Lipinski definition) is 2. The molecule has 41 heavy (non-hydrogen) atoms. The predicted octanol–water partition coefficient (Wildman–Crippen LogP) is 3.25. The van der Waals surface area contributed by atoms with E-state index in [4.69, 9.17) is 4.74 Å². The number of rotatable bonds is 8. The van der Waals surface area contributed by atoms with Crippen LogP contribution < -0.4 is 10.5 Å². The summed E-state index contributed by atoms with van der Waals surface area (Å²) >= 11 is 0. The number of aromatic amines is 1. The first-order valence-corrected chi connectivity index (χ1v) is 13.0. The molecule has 0 radical (unpaired) electrons. The van der Waals surface area contributed by atoms with Crippen LogP contribution in [0, 0.1) is 6.92 Å². The van der Waals surface area contributed by atoms with Crippen molar-refractivity contribution < 1.29 is 14.6 Å². The Labute approximate surface area is 234 Å². The topological polar surface area (TPSA) is 157 Å². The van der Waals surface area contributed by atoms with Gasteiger partial charge in [0.25, 0.3) is 5.56 Å². The van der Waals surface area contributed by atoms with E-state index in [1.807, 2.05) is 31.2 Å². The fourth-order valence-corrected chi connectivity index (χ4v) is 5.21. The lowest BCUT2D eigenvalue weighted by atomic mass is 10.0. The van der Waals surface area contributed by atoms with Crippen molar-refractivity contribution in [3.05, 3.63) is 88.6 Å². The summed E-state index contributed by atoms with van der Waals surface area (Å²) in [7, 11) is 1.51. The molecule has 0 spiro atoms. The molecule has 1 atom stereocenters. The number of anilines is 1. The van der Waals surface area contributed by atoms with Crippen LogP contribution in [-0.4, -0.2) is 71.2 Å². The van der Waals surface area contributed by atoms with E-state index in [1.165, 1.54) is 13.4 Å². The molecule has 1 amide bonds. The number of hydrogen-bond acceptors (Lipinski definition) is 8. The van der Waals surface area contributed by atoms with E-state index in [9.17, 15) is 14.7 Å². The monoisotopic (exact) mass is 553 g/mol. The lowest BCUT2D eigenvalue weighted by molar-refractivity contribution is 0.186. The second-order valence-corrected chi connectivity index (χ2v) is 9.79. The molecule has 1 aliphatic heterocycles. The minimum Gasteiger partial charge on any atom is -0.465 e. The Morgan fingerprint density at radius 1 is 1.15 bits per heavy atom. The van der Waals surface area contributed by atoms with Crippen LogP contribution >= 0.6 is 0 Å². The molecule has 0 unspecified atom stereocenters. The van der Waals surface area contributed by atoms with Gasteiger partial charge in [0.2, 0.25) is 0 Å². The summed E-state index contributed by atoms with van der Waals surface area (Å²) in [5, 5.41) is 21.0. The van der Waals surface area contributed by atoms with Gasteiger partial charge in [0.15, 0.2) is 0 Å². The number of H-pyrrole nitrogens is 1. The molecule has 6 rings (SSSR count). The highest BCUT2D eigenvalue weighted by atomic mass is 16.5. The van der Waals surface area contributed by atoms with Crippen LogP contribution in [0.2, 0.25) is 0 Å². The fraction of sp³-hybridized carbons (Fsp3) is 0.250. The lowest BCUT2D eigenvalue weighted by Crippen LogP contribution is -2.33. The molecular formula is C28H27N9O4. The van der Waals surface area contributed by atoms with Gasteiger partial charge in [0.05, 0.1) is 36.8 Å². The average Bonchev–Trinajstić information content (AvgIpc) is 3.74. The Bertz CT molecular complexity index is 1760. The Balaban J connectivity index is 1.28. The van der Waals surface area contributed by atoms with Crippen LogP contribution in [0.5, 0.6) is 0 Å². The average molecular weight is 554 g/mol. The Morgan fingerprint density at radius 3 is 2.76 bits per heavy atom. The number of methoxy groups -OCH3 is 1. The molecule has 0 aliphatic carbocycles. The van der Waals surface area contributed by atoms with Crippen LogP contribution in [0.4, 0.5) is 10.6 Å². The summed E-state index contributed by atoms with van der Waals surface area (Å²) in [4.78, 5) is 38.5. The number of ether oxygens (including phenoxy) is 1. The normalized spacial score (nSPS) is 14.2. The minimum atomic E-state index is -1.10. The largest absolute Gasteiger partial charge is 0.465 e. The van der Waals surface area contributed by atoms with Gasteiger partial charge in [0, 0.05) is 36.2 Å². The highest BCUT2D eigenvalue weighted by molar-refractivity contribution is 5.84. The van der Waals surface area contributed by atoms with Gasteiger partial charge in [0.1, 0.15) is 18.0 Å². The van der Waals surface area contributed by atoms with Crippen molar-refractivity contribution in [3.8, 4) is 28.1 Å². The summed E-state index contributed by atoms with van der Waals surface area (Å²) in [6.07, 6.45) is 5.18. The molecule has 1 aromatic carbocycles. The van der Waals surface area contributed by atoms with Gasteiger partial charge in [-0.15, -0.1) is 5.10 Å². The van der Waals surface area contributed by atoms with Gasteiger partial charge in [-0.05, 0) is 66.1 Å². The number of imidazole rings is 1. The molecule has 0 fully saturated rings. The highest BCUT2D eigenvalue weighted by Gasteiger charge is 2.28. The van der Waals surface area contributed by atoms with Crippen molar-refractivity contribution in [2.45, 2.75) is 25.8 Å². The molecule has 1 aliphatic rings. The van der Waals surface area contributed by atoms with Gasteiger partial charge in [-0.2, -0.15) is 4.68 Å². The number of carboxylic acid groups (broad SMARTS) is 1. The molecule has 0 bridgehead atoms. The second-order valence-electron chi connectivity index (χ2n) is 9.79. The first kappa shape index (κ1) is 26.1. The fourth-order valence-electron chi connectivity index (χ4n) is 5.21. The SMILES string of the molecule is COCCN(C(=O)O)c1ccc(-c2cnc([C@@H]3CCc4cc(-c5cc(C)ccc5-n5cnnn5)cc(=O)n43)[nH]2)cn1. The van der Waals surface area contributed by atoms with Gasteiger partial charge >= 0.3 is 6.09 Å². The molecule has 4 aromatic heterocycles. The summed E-state index contributed by atoms with van der Waals surface area (Å²) in [6, 6.07) is 12.8. The number of nitrogens with one attached hydrogen (secondary N) is 1. The standard InChI is InChI=1S/C28H27N9O4/c1-17-3-6-23(36-16-31-33-34-36)21(11-17)19-12-20-5-7-24(37(20)26(38)13-19)27-30-15-22(32-27)18-4-8-25(29-14-18)35(28(39)40)9-10-41-2/h3-4,6,8,11-16,24H,5,7,9-10H2,1-2H3,(H,30,32)(H,39,40)/t24-/m0/s1. The Hall–Kier alpha value is -5.17. The van der Waals surface area contributed by atoms with Crippen molar-refractivity contribution in [2.75, 3.05) is 25.2 Å². The first-order chi connectivity index (χ1) is 19.9. The third kappa shape index (κ3) is 4.98. The van der Waals surface area contributed by atoms with E-state index in [0.29, 0.717) is 11.6 Å². The summed E-state index contributed by atoms with van der Waals surface area (Å²) in [5.74, 6) is 0.983. The number of aryl methyl sites for hydroxylation is 2. The molecule has 208 valence electrons. The zero-order valence-corrected chi connectivity index (χ0v) is 22.4. The van der Waals surface area contributed by atoms with Gasteiger partial charge < -0.3 is 19.4 Å². The zero-order valence-electron chi connectivity index (χ0n) is 22.4. The van der Waals surface area contributed by atoms with Gasteiger partial charge in [-0.3, -0.25) is 9.69 Å². The smallest absolute Gasteiger partial charge is 0.413 e. The quantitative estimate of drug-likeness (QED) is 0.294. The van der Waals surface area contributed by atoms with Crippen LogP contribution in [0.3, 0.4) is 0 Å². The minimum absolute atomic E-state index is 0.113. The number of tetrazole rings is 1. The van der Waals surface area contributed by atoms with E-state index in [1.54, 1.807) is 39.8 Å². The van der Waals surface area contributed by atoms with Gasteiger partial charge in [-0.25, -0.2) is 14.8 Å². The molecule has 0 saturated heterocycles. The second kappa shape index (κ2) is 10.8. The predicted molar refractivity (Wildman–Crippen MR) is 149 cm³/mol. The van der Waals surface area contributed by atoms with Crippen molar-refractivity contribution in [2.24, 2.45) is 0 Å². The third-order valence-electron chi connectivity index (χ3n) is 7.19. The zero-order chi connectivity index (χ0) is 28.5. The number of nitrogens with zero attached hydrogens (tertiary/aromatic N) is 8. The van der Waals surface area contributed by atoms with Crippen molar-refractivity contribution in [1.29, 1.82) is 0 Å². The molecule has 5 heterocycles. The maximum absolute atomic E-state index is 13.5. The maximum atomic E-state index is 13.5. The molecular weight excluding hydrogens is 526 g/mol. The highest BCUT2D eigenvalue weighted by Crippen LogP contribution is 2.34. The van der Waals surface area contributed by atoms with Crippen LogP contribution in [0.25, 0.3) is 28.1 Å².